The smallest absolute Gasteiger partial charge is 0.177 e. The van der Waals surface area contributed by atoms with Crippen molar-refractivity contribution in [2.24, 2.45) is 10.9 Å². The van der Waals surface area contributed by atoms with Gasteiger partial charge in [-0.2, -0.15) is 0 Å². The topological polar surface area (TPSA) is 75.6 Å². The lowest BCUT2D eigenvalue weighted by molar-refractivity contribution is 0.140. The monoisotopic (exact) mass is 505 g/mol. The molecule has 1 aromatic carbocycles. The molecule has 0 saturated carbocycles. The van der Waals surface area contributed by atoms with Crippen molar-refractivity contribution >= 4 is 17.4 Å². The Kier molecular flexibility index (Phi) is 9.11. The molecule has 37 heavy (non-hydrogen) atoms. The Morgan fingerprint density at radius 2 is 2.14 bits per heavy atom. The van der Waals surface area contributed by atoms with Crippen molar-refractivity contribution < 1.29 is 10.9 Å². The summed E-state index contributed by atoms with van der Waals surface area (Å²) in [4.78, 5) is 19.6. The number of rotatable bonds is 6. The average molecular weight is 506 g/mol. The number of imidazole rings is 1. The number of hydrogen-bond donors (Lipinski definition) is 1. The third-order valence-electron chi connectivity index (χ3n) is 7.27. The van der Waals surface area contributed by atoms with E-state index in [1.54, 1.807) is 7.11 Å². The van der Waals surface area contributed by atoms with Gasteiger partial charge in [-0.15, -0.1) is 0 Å². The van der Waals surface area contributed by atoms with E-state index in [0.717, 1.165) is 72.8 Å². The Labute approximate surface area is 222 Å². The van der Waals surface area contributed by atoms with Gasteiger partial charge in [0.25, 0.3) is 0 Å². The molecular formula is C30H43N5O2. The highest BCUT2D eigenvalue weighted by Crippen LogP contribution is 2.36. The molecule has 2 unspecified atom stereocenters. The zero-order valence-electron chi connectivity index (χ0n) is 23.2. The third kappa shape index (κ3) is 6.11. The molecule has 1 N–H and O–H groups in total. The summed E-state index contributed by atoms with van der Waals surface area (Å²) in [5, 5.41) is 0. The molecule has 2 aliphatic rings. The van der Waals surface area contributed by atoms with Crippen molar-refractivity contribution in [1.82, 2.24) is 19.9 Å². The first-order valence-electron chi connectivity index (χ1n) is 13.6. The Bertz CT molecular complexity index is 1270. The summed E-state index contributed by atoms with van der Waals surface area (Å²) in [5.74, 6) is 2.40. The molecule has 0 bridgehead atoms. The lowest BCUT2D eigenvalue weighted by atomic mass is 9.84. The highest BCUT2D eigenvalue weighted by atomic mass is 16.5. The maximum atomic E-state index is 6.17. The van der Waals surface area contributed by atoms with Crippen LogP contribution in [0.4, 0.5) is 0 Å². The highest BCUT2D eigenvalue weighted by molar-refractivity contribution is 5.78. The van der Waals surface area contributed by atoms with Crippen LogP contribution < -0.4 is 4.74 Å². The number of hydrogen-bond acceptors (Lipinski definition) is 6. The van der Waals surface area contributed by atoms with Gasteiger partial charge in [-0.05, 0) is 75.3 Å². The van der Waals surface area contributed by atoms with Gasteiger partial charge in [-0.3, -0.25) is 9.89 Å². The molecule has 7 heteroatoms. The van der Waals surface area contributed by atoms with Crippen LogP contribution in [0.5, 0.6) is 5.75 Å². The van der Waals surface area contributed by atoms with Gasteiger partial charge in [0, 0.05) is 63.5 Å². The van der Waals surface area contributed by atoms with E-state index >= 15 is 0 Å². The molecule has 0 spiro atoms. The third-order valence-corrected chi connectivity index (χ3v) is 7.27. The standard InChI is InChI=1S/C28H35N5O2.C2H6.H2/c1-5-29-25-12-20(17-34-4)6-8-24(25)18(2)33-10-11-35-27-9-7-21(13-23(27)16-33)22-14-26-28(30-15-22)32-19(3)31-26;1-2;/h5,7,9,13-15,18,20H,6,8,10-12,16-17H2,1-4H3,(H,30,31,32);1-2H3;1H. The van der Waals surface area contributed by atoms with E-state index in [9.17, 15) is 0 Å². The number of fused-ring (bicyclic) bond motifs is 2. The fourth-order valence-electron chi connectivity index (χ4n) is 5.45. The molecule has 2 aromatic heterocycles. The maximum absolute atomic E-state index is 6.17. The lowest BCUT2D eigenvalue weighted by Crippen LogP contribution is -2.37. The molecule has 0 amide bonds. The molecule has 2 atom stereocenters. The predicted octanol–water partition coefficient (Wildman–Crippen LogP) is 6.58. The molecule has 5 rings (SSSR count). The fraction of sp³-hybridized carbons (Fsp3) is 0.500. The summed E-state index contributed by atoms with van der Waals surface area (Å²) in [6.07, 6.45) is 7.05. The summed E-state index contributed by atoms with van der Waals surface area (Å²) >= 11 is 0. The normalized spacial score (nSPS) is 19.2. The van der Waals surface area contributed by atoms with Crippen LogP contribution in [0, 0.1) is 12.8 Å². The number of aliphatic imine (C=N–C) groups is 1. The van der Waals surface area contributed by atoms with Crippen molar-refractivity contribution in [3.63, 3.8) is 0 Å². The second-order valence-electron chi connectivity index (χ2n) is 9.66. The van der Waals surface area contributed by atoms with Crippen LogP contribution in [-0.4, -0.2) is 59.0 Å². The molecular weight excluding hydrogens is 462 g/mol. The molecule has 0 radical (unpaired) electrons. The Morgan fingerprint density at radius 1 is 1.30 bits per heavy atom. The van der Waals surface area contributed by atoms with Crippen LogP contribution in [0.1, 0.15) is 59.8 Å². The summed E-state index contributed by atoms with van der Waals surface area (Å²) in [6.45, 7) is 13.5. The number of H-pyrrole nitrogens is 1. The summed E-state index contributed by atoms with van der Waals surface area (Å²) in [5.41, 5.74) is 7.83. The molecule has 3 aromatic rings. The van der Waals surface area contributed by atoms with Gasteiger partial charge < -0.3 is 14.5 Å². The van der Waals surface area contributed by atoms with Crippen LogP contribution in [0.25, 0.3) is 22.3 Å². The maximum Gasteiger partial charge on any atom is 0.177 e. The van der Waals surface area contributed by atoms with Gasteiger partial charge in [-0.1, -0.05) is 19.9 Å². The van der Waals surface area contributed by atoms with Crippen molar-refractivity contribution in [3.8, 4) is 16.9 Å². The van der Waals surface area contributed by atoms with Crippen molar-refractivity contribution in [1.29, 1.82) is 0 Å². The second-order valence-corrected chi connectivity index (χ2v) is 9.66. The Hall–Kier alpha value is -3.03. The van der Waals surface area contributed by atoms with Crippen molar-refractivity contribution in [2.45, 2.75) is 66.5 Å². The summed E-state index contributed by atoms with van der Waals surface area (Å²) < 4.78 is 11.6. The number of allylic oxidation sites excluding steroid dienone is 1. The number of aryl methyl sites for hydroxylation is 1. The quantitative estimate of drug-likeness (QED) is 0.383. The van der Waals surface area contributed by atoms with Gasteiger partial charge >= 0.3 is 0 Å². The summed E-state index contributed by atoms with van der Waals surface area (Å²) in [6, 6.07) is 8.91. The lowest BCUT2D eigenvalue weighted by Gasteiger charge is -2.34. The molecule has 1 aliphatic heterocycles. The number of aromatic nitrogens is 3. The minimum atomic E-state index is 0. The Balaban J connectivity index is 0.00000130. The number of pyridine rings is 1. The molecule has 7 nitrogen and oxygen atoms in total. The van der Waals surface area contributed by atoms with Gasteiger partial charge in [-0.25, -0.2) is 9.97 Å². The first kappa shape index (κ1) is 27.0. The van der Waals surface area contributed by atoms with E-state index in [1.165, 1.54) is 16.8 Å². The van der Waals surface area contributed by atoms with Crippen LogP contribution in [0.15, 0.2) is 46.7 Å². The molecule has 0 saturated heterocycles. The average Bonchev–Trinajstić information content (AvgIpc) is 3.15. The molecule has 0 fully saturated rings. The second kappa shape index (κ2) is 12.5. The minimum Gasteiger partial charge on any atom is -0.492 e. The van der Waals surface area contributed by atoms with Crippen LogP contribution in [-0.2, 0) is 11.3 Å². The summed E-state index contributed by atoms with van der Waals surface area (Å²) in [7, 11) is 1.79. The van der Waals surface area contributed by atoms with Crippen LogP contribution >= 0.6 is 0 Å². The van der Waals surface area contributed by atoms with Crippen molar-refractivity contribution in [3.05, 3.63) is 53.1 Å². The van der Waals surface area contributed by atoms with Gasteiger partial charge in [0.15, 0.2) is 5.65 Å². The zero-order valence-corrected chi connectivity index (χ0v) is 23.2. The zero-order chi connectivity index (χ0) is 26.4. The fourth-order valence-corrected chi connectivity index (χ4v) is 5.45. The number of methoxy groups -OCH3 is 1. The Morgan fingerprint density at radius 3 is 2.92 bits per heavy atom. The van der Waals surface area contributed by atoms with E-state index in [1.807, 2.05) is 40.1 Å². The van der Waals surface area contributed by atoms with Crippen molar-refractivity contribution in [2.75, 3.05) is 26.9 Å². The van der Waals surface area contributed by atoms with E-state index in [-0.39, 0.29) is 1.43 Å². The van der Waals surface area contributed by atoms with Gasteiger partial charge in [0.2, 0.25) is 0 Å². The molecule has 3 heterocycles. The highest BCUT2D eigenvalue weighted by Gasteiger charge is 2.28. The number of nitrogens with zero attached hydrogens (tertiary/aromatic N) is 4. The number of nitrogens with one attached hydrogen (secondary N) is 1. The van der Waals surface area contributed by atoms with E-state index in [0.29, 0.717) is 18.6 Å². The van der Waals surface area contributed by atoms with Crippen LogP contribution in [0.2, 0.25) is 0 Å². The van der Waals surface area contributed by atoms with E-state index in [2.05, 4.69) is 51.0 Å². The number of benzene rings is 1. The number of aromatic amines is 1. The van der Waals surface area contributed by atoms with E-state index < -0.39 is 0 Å². The molecule has 200 valence electrons. The van der Waals surface area contributed by atoms with E-state index in [4.69, 9.17) is 14.5 Å². The number of ether oxygens (including phenoxy) is 2. The molecule has 1 aliphatic carbocycles. The largest absolute Gasteiger partial charge is 0.492 e. The van der Waals surface area contributed by atoms with Gasteiger partial charge in [0.1, 0.15) is 18.2 Å². The minimum absolute atomic E-state index is 0. The first-order valence-corrected chi connectivity index (χ1v) is 13.6. The predicted molar refractivity (Wildman–Crippen MR) is 153 cm³/mol. The first-order chi connectivity index (χ1) is 18.1. The van der Waals surface area contributed by atoms with Gasteiger partial charge in [0.05, 0.1) is 5.52 Å². The SMILES string of the molecule is CC.CC=NC1=C(C(C)N2CCOc3ccc(-c4cnc5nc(C)[nH]c5c4)cc3C2)CCC(COC)C1.[HH]. The van der Waals surface area contributed by atoms with Crippen LogP contribution in [0.3, 0.4) is 0 Å².